The van der Waals surface area contributed by atoms with Gasteiger partial charge in [0.05, 0.1) is 0 Å². The van der Waals surface area contributed by atoms with E-state index in [2.05, 4.69) is 36.9 Å². The molecule has 20 heavy (non-hydrogen) atoms. The van der Waals surface area contributed by atoms with Crippen molar-refractivity contribution in [2.45, 2.75) is 58.0 Å². The van der Waals surface area contributed by atoms with E-state index in [0.29, 0.717) is 6.04 Å². The number of nitrogens with two attached hydrogens (primary N) is 1. The molecule has 1 aromatic carbocycles. The average molecular weight is 272 g/mol. The van der Waals surface area contributed by atoms with Gasteiger partial charge in [-0.05, 0) is 62.3 Å². The van der Waals surface area contributed by atoms with Crippen LogP contribution in [0.5, 0.6) is 0 Å². The smallest absolute Gasteiger partial charge is 0.0478 e. The Morgan fingerprint density at radius 3 is 2.55 bits per heavy atom. The first-order chi connectivity index (χ1) is 9.72. The number of benzene rings is 1. The summed E-state index contributed by atoms with van der Waals surface area (Å²) in [5, 5.41) is 0. The standard InChI is InChI=1S/C18H28N2/c1-13-6-5-7-14(2)18(13)17(12-19)20-11-10-15-8-3-4-9-16(15)20/h5-7,15-17H,3-4,8-12,19H2,1-2H3. The van der Waals surface area contributed by atoms with Crippen molar-refractivity contribution in [2.75, 3.05) is 13.1 Å². The summed E-state index contributed by atoms with van der Waals surface area (Å²) < 4.78 is 0. The summed E-state index contributed by atoms with van der Waals surface area (Å²) in [6.07, 6.45) is 7.04. The van der Waals surface area contributed by atoms with Crippen molar-refractivity contribution in [3.63, 3.8) is 0 Å². The zero-order valence-electron chi connectivity index (χ0n) is 12.9. The second-order valence-corrected chi connectivity index (χ2v) is 6.70. The van der Waals surface area contributed by atoms with Crippen LogP contribution in [0.15, 0.2) is 18.2 Å². The third-order valence-corrected chi connectivity index (χ3v) is 5.55. The van der Waals surface area contributed by atoms with E-state index in [-0.39, 0.29) is 0 Å². The van der Waals surface area contributed by atoms with Crippen LogP contribution in [0.3, 0.4) is 0 Å². The van der Waals surface area contributed by atoms with Gasteiger partial charge in [0, 0.05) is 18.6 Å². The van der Waals surface area contributed by atoms with Crippen molar-refractivity contribution < 1.29 is 0 Å². The number of nitrogens with zero attached hydrogens (tertiary/aromatic N) is 1. The van der Waals surface area contributed by atoms with E-state index in [1.807, 2.05) is 0 Å². The summed E-state index contributed by atoms with van der Waals surface area (Å²) in [6, 6.07) is 7.84. The van der Waals surface area contributed by atoms with Crippen molar-refractivity contribution in [1.82, 2.24) is 4.90 Å². The van der Waals surface area contributed by atoms with E-state index < -0.39 is 0 Å². The Labute approximate surface area is 123 Å². The molecule has 1 saturated carbocycles. The van der Waals surface area contributed by atoms with Gasteiger partial charge in [-0.15, -0.1) is 0 Å². The molecule has 1 aliphatic heterocycles. The number of fused-ring (bicyclic) bond motifs is 1. The minimum atomic E-state index is 0.421. The lowest BCUT2D eigenvalue weighted by Gasteiger charge is -2.38. The molecular weight excluding hydrogens is 244 g/mol. The maximum Gasteiger partial charge on any atom is 0.0478 e. The maximum absolute atomic E-state index is 6.20. The van der Waals surface area contributed by atoms with Gasteiger partial charge in [0.15, 0.2) is 0 Å². The van der Waals surface area contributed by atoms with Crippen molar-refractivity contribution in [2.24, 2.45) is 11.7 Å². The Balaban J connectivity index is 1.90. The van der Waals surface area contributed by atoms with Crippen LogP contribution in [0.1, 0.15) is 54.8 Å². The molecule has 0 bridgehead atoms. The van der Waals surface area contributed by atoms with Crippen molar-refractivity contribution in [1.29, 1.82) is 0 Å². The predicted molar refractivity (Wildman–Crippen MR) is 84.8 cm³/mol. The predicted octanol–water partition coefficient (Wildman–Crippen LogP) is 3.57. The lowest BCUT2D eigenvalue weighted by Crippen LogP contribution is -2.41. The highest BCUT2D eigenvalue weighted by Gasteiger charge is 2.39. The third-order valence-electron chi connectivity index (χ3n) is 5.55. The van der Waals surface area contributed by atoms with Crippen molar-refractivity contribution in [3.05, 3.63) is 34.9 Å². The Kier molecular flexibility index (Phi) is 4.13. The van der Waals surface area contributed by atoms with E-state index in [9.17, 15) is 0 Å². The summed E-state index contributed by atoms with van der Waals surface area (Å²) in [4.78, 5) is 2.74. The van der Waals surface area contributed by atoms with Crippen LogP contribution >= 0.6 is 0 Å². The molecular formula is C18H28N2. The molecule has 0 spiro atoms. The molecule has 2 heteroatoms. The molecule has 3 unspecified atom stereocenters. The second kappa shape index (κ2) is 5.87. The highest BCUT2D eigenvalue weighted by atomic mass is 15.2. The minimum Gasteiger partial charge on any atom is -0.329 e. The molecule has 3 rings (SSSR count). The quantitative estimate of drug-likeness (QED) is 0.911. The fourth-order valence-corrected chi connectivity index (χ4v) is 4.60. The lowest BCUT2D eigenvalue weighted by atomic mass is 9.84. The average Bonchev–Trinajstić information content (AvgIpc) is 2.87. The Morgan fingerprint density at radius 1 is 1.15 bits per heavy atom. The zero-order chi connectivity index (χ0) is 14.1. The molecule has 1 aliphatic carbocycles. The van der Waals surface area contributed by atoms with Crippen LogP contribution in [0, 0.1) is 19.8 Å². The summed E-state index contributed by atoms with van der Waals surface area (Å²) in [7, 11) is 0. The molecule has 2 aliphatic rings. The Bertz CT molecular complexity index is 448. The van der Waals surface area contributed by atoms with E-state index in [1.165, 1.54) is 55.3 Å². The molecule has 1 aromatic rings. The van der Waals surface area contributed by atoms with Gasteiger partial charge in [0.1, 0.15) is 0 Å². The molecule has 110 valence electrons. The Hall–Kier alpha value is -0.860. The lowest BCUT2D eigenvalue weighted by molar-refractivity contribution is 0.134. The molecule has 3 atom stereocenters. The minimum absolute atomic E-state index is 0.421. The van der Waals surface area contributed by atoms with Gasteiger partial charge in [-0.1, -0.05) is 31.0 Å². The van der Waals surface area contributed by atoms with E-state index >= 15 is 0 Å². The van der Waals surface area contributed by atoms with Gasteiger partial charge in [0.2, 0.25) is 0 Å². The molecule has 1 saturated heterocycles. The van der Waals surface area contributed by atoms with Gasteiger partial charge in [-0.2, -0.15) is 0 Å². The van der Waals surface area contributed by atoms with Crippen LogP contribution in [-0.2, 0) is 0 Å². The molecule has 1 heterocycles. The summed E-state index contributed by atoms with van der Waals surface area (Å²) in [6.45, 7) is 6.46. The van der Waals surface area contributed by atoms with Crippen LogP contribution in [0.4, 0.5) is 0 Å². The van der Waals surface area contributed by atoms with Gasteiger partial charge in [0.25, 0.3) is 0 Å². The van der Waals surface area contributed by atoms with Crippen LogP contribution in [-0.4, -0.2) is 24.0 Å². The topological polar surface area (TPSA) is 29.3 Å². The number of hydrogen-bond donors (Lipinski definition) is 1. The molecule has 0 amide bonds. The Morgan fingerprint density at radius 2 is 1.85 bits per heavy atom. The van der Waals surface area contributed by atoms with E-state index in [4.69, 9.17) is 5.73 Å². The first-order valence-corrected chi connectivity index (χ1v) is 8.24. The third kappa shape index (κ3) is 2.40. The molecule has 2 fully saturated rings. The van der Waals surface area contributed by atoms with Crippen molar-refractivity contribution >= 4 is 0 Å². The SMILES string of the molecule is Cc1cccc(C)c1C(CN)N1CCC2CCCCC21. The highest BCUT2D eigenvalue weighted by molar-refractivity contribution is 5.36. The van der Waals surface area contributed by atoms with Gasteiger partial charge in [-0.3, -0.25) is 4.90 Å². The van der Waals surface area contributed by atoms with E-state index in [0.717, 1.165) is 18.5 Å². The van der Waals surface area contributed by atoms with Crippen molar-refractivity contribution in [3.8, 4) is 0 Å². The van der Waals surface area contributed by atoms with Gasteiger partial charge < -0.3 is 5.73 Å². The fourth-order valence-electron chi connectivity index (χ4n) is 4.60. The largest absolute Gasteiger partial charge is 0.329 e. The molecule has 0 aromatic heterocycles. The zero-order valence-corrected chi connectivity index (χ0v) is 12.9. The number of rotatable bonds is 3. The number of hydrogen-bond acceptors (Lipinski definition) is 2. The van der Waals surface area contributed by atoms with Crippen LogP contribution in [0.2, 0.25) is 0 Å². The van der Waals surface area contributed by atoms with Gasteiger partial charge in [-0.25, -0.2) is 0 Å². The first-order valence-electron chi connectivity index (χ1n) is 8.24. The summed E-state index contributed by atoms with van der Waals surface area (Å²) >= 11 is 0. The first kappa shape index (κ1) is 14.1. The maximum atomic E-state index is 6.20. The number of aryl methyl sites for hydroxylation is 2. The van der Waals surface area contributed by atoms with Crippen LogP contribution < -0.4 is 5.73 Å². The van der Waals surface area contributed by atoms with Gasteiger partial charge >= 0.3 is 0 Å². The fraction of sp³-hybridized carbons (Fsp3) is 0.667. The molecule has 2 nitrogen and oxygen atoms in total. The monoisotopic (exact) mass is 272 g/mol. The normalized spacial score (nSPS) is 28.4. The number of likely N-dealkylation sites (tertiary alicyclic amines) is 1. The molecule has 2 N–H and O–H groups in total. The summed E-state index contributed by atoms with van der Waals surface area (Å²) in [5.41, 5.74) is 10.5. The second-order valence-electron chi connectivity index (χ2n) is 6.70. The molecule has 0 radical (unpaired) electrons. The van der Waals surface area contributed by atoms with E-state index in [1.54, 1.807) is 0 Å². The van der Waals surface area contributed by atoms with Crippen LogP contribution in [0.25, 0.3) is 0 Å². The summed E-state index contributed by atoms with van der Waals surface area (Å²) in [5.74, 6) is 0.933. The highest BCUT2D eigenvalue weighted by Crippen LogP contribution is 2.41.